The van der Waals surface area contributed by atoms with E-state index in [9.17, 15) is 0 Å². The van der Waals surface area contributed by atoms with E-state index < -0.39 is 0 Å². The van der Waals surface area contributed by atoms with Gasteiger partial charge in [0.25, 0.3) is 0 Å². The van der Waals surface area contributed by atoms with Crippen LogP contribution in [-0.4, -0.2) is 72.2 Å². The van der Waals surface area contributed by atoms with E-state index in [2.05, 4.69) is 12.1 Å². The molecule has 0 aromatic heterocycles. The summed E-state index contributed by atoms with van der Waals surface area (Å²) in [7, 11) is 3.39. The summed E-state index contributed by atoms with van der Waals surface area (Å²) in [5, 5.41) is 12.7. The standard InChI is InChI=1S/C25H32O7/c1-27-24-20-5-3-4-6-21(20)25(28-2)23-17-19(7-8-22(23)24)18-32-16-15-31-14-13-30-12-11-29-10-9-26/h3-8,17,26H,9-16,18H2,1-2H3. The minimum atomic E-state index is 0.0287. The van der Waals surface area contributed by atoms with Crippen LogP contribution in [0.5, 0.6) is 11.5 Å². The van der Waals surface area contributed by atoms with Crippen LogP contribution in [0.2, 0.25) is 0 Å². The van der Waals surface area contributed by atoms with E-state index in [1.807, 2.05) is 30.3 Å². The second-order valence-corrected chi connectivity index (χ2v) is 7.11. The molecule has 0 fully saturated rings. The lowest BCUT2D eigenvalue weighted by Crippen LogP contribution is -2.12. The first-order valence-electron chi connectivity index (χ1n) is 10.8. The fourth-order valence-corrected chi connectivity index (χ4v) is 3.59. The second-order valence-electron chi connectivity index (χ2n) is 7.11. The smallest absolute Gasteiger partial charge is 0.134 e. The lowest BCUT2D eigenvalue weighted by molar-refractivity contribution is -0.00742. The van der Waals surface area contributed by atoms with E-state index in [4.69, 9.17) is 33.5 Å². The molecule has 0 saturated carbocycles. The summed E-state index contributed by atoms with van der Waals surface area (Å²) < 4.78 is 33.3. The fraction of sp³-hybridized carbons (Fsp3) is 0.440. The van der Waals surface area contributed by atoms with Gasteiger partial charge in [-0.15, -0.1) is 0 Å². The molecule has 0 aliphatic heterocycles. The van der Waals surface area contributed by atoms with Gasteiger partial charge in [-0.05, 0) is 11.6 Å². The molecule has 0 amide bonds. The summed E-state index contributed by atoms with van der Waals surface area (Å²) in [6.45, 7) is 3.82. The summed E-state index contributed by atoms with van der Waals surface area (Å²) in [6.07, 6.45) is 0. The Kier molecular flexibility index (Phi) is 9.99. The van der Waals surface area contributed by atoms with Crippen molar-refractivity contribution in [1.29, 1.82) is 0 Å². The summed E-state index contributed by atoms with van der Waals surface area (Å²) in [5.41, 5.74) is 1.05. The van der Waals surface area contributed by atoms with Crippen molar-refractivity contribution in [2.24, 2.45) is 0 Å². The molecule has 0 aliphatic carbocycles. The second kappa shape index (κ2) is 13.2. The van der Waals surface area contributed by atoms with Crippen LogP contribution in [0.15, 0.2) is 42.5 Å². The van der Waals surface area contributed by atoms with E-state index in [0.717, 1.165) is 38.6 Å². The van der Waals surface area contributed by atoms with Crippen LogP contribution in [0.3, 0.4) is 0 Å². The minimum absolute atomic E-state index is 0.0287. The molecular weight excluding hydrogens is 412 g/mol. The highest BCUT2D eigenvalue weighted by Gasteiger charge is 2.15. The van der Waals surface area contributed by atoms with Gasteiger partial charge in [-0.25, -0.2) is 0 Å². The molecule has 0 radical (unpaired) electrons. The number of methoxy groups -OCH3 is 2. The van der Waals surface area contributed by atoms with Crippen LogP contribution in [0.4, 0.5) is 0 Å². The molecule has 0 bridgehead atoms. The van der Waals surface area contributed by atoms with Crippen molar-refractivity contribution in [2.75, 3.05) is 67.1 Å². The van der Waals surface area contributed by atoms with Crippen molar-refractivity contribution in [3.05, 3.63) is 48.0 Å². The topological polar surface area (TPSA) is 75.6 Å². The molecule has 0 spiro atoms. The molecule has 0 saturated heterocycles. The molecule has 0 unspecified atom stereocenters. The van der Waals surface area contributed by atoms with E-state index >= 15 is 0 Å². The van der Waals surface area contributed by atoms with Crippen molar-refractivity contribution < 1.29 is 33.5 Å². The maximum absolute atomic E-state index is 8.60. The summed E-state index contributed by atoms with van der Waals surface area (Å²) in [6, 6.07) is 14.3. The number of aliphatic hydroxyl groups is 1. The Morgan fingerprint density at radius 1 is 0.594 bits per heavy atom. The Bertz CT molecular complexity index is 973. The van der Waals surface area contributed by atoms with Gasteiger partial charge in [0.15, 0.2) is 0 Å². The molecule has 32 heavy (non-hydrogen) atoms. The minimum Gasteiger partial charge on any atom is -0.495 e. The summed E-state index contributed by atoms with van der Waals surface area (Å²) >= 11 is 0. The van der Waals surface area contributed by atoms with Crippen LogP contribution in [0, 0.1) is 0 Å². The average molecular weight is 445 g/mol. The zero-order chi connectivity index (χ0) is 22.6. The normalized spacial score (nSPS) is 11.3. The van der Waals surface area contributed by atoms with Crippen molar-refractivity contribution in [3.63, 3.8) is 0 Å². The molecule has 0 aliphatic rings. The van der Waals surface area contributed by atoms with E-state index in [0.29, 0.717) is 52.9 Å². The molecule has 3 rings (SSSR count). The zero-order valence-electron chi connectivity index (χ0n) is 18.8. The Morgan fingerprint density at radius 2 is 1.09 bits per heavy atom. The van der Waals surface area contributed by atoms with Gasteiger partial charge in [0.05, 0.1) is 73.7 Å². The number of rotatable bonds is 15. The van der Waals surface area contributed by atoms with Crippen LogP contribution >= 0.6 is 0 Å². The summed E-state index contributed by atoms with van der Waals surface area (Å²) in [5.74, 6) is 1.68. The average Bonchev–Trinajstić information content (AvgIpc) is 2.83. The molecule has 7 nitrogen and oxygen atoms in total. The molecule has 174 valence electrons. The Balaban J connectivity index is 1.50. The Morgan fingerprint density at radius 3 is 1.66 bits per heavy atom. The van der Waals surface area contributed by atoms with Gasteiger partial charge in [-0.3, -0.25) is 0 Å². The van der Waals surface area contributed by atoms with Crippen molar-refractivity contribution in [3.8, 4) is 11.5 Å². The SMILES string of the molecule is COc1c2ccccc2c(OC)c2cc(COCCOCCOCCOCCO)ccc12. The van der Waals surface area contributed by atoms with Crippen LogP contribution in [-0.2, 0) is 25.6 Å². The van der Waals surface area contributed by atoms with Gasteiger partial charge in [-0.2, -0.15) is 0 Å². The van der Waals surface area contributed by atoms with Crippen molar-refractivity contribution >= 4 is 21.5 Å². The predicted molar refractivity (Wildman–Crippen MR) is 124 cm³/mol. The monoisotopic (exact) mass is 444 g/mol. The first-order valence-corrected chi connectivity index (χ1v) is 10.8. The van der Waals surface area contributed by atoms with Gasteiger partial charge < -0.3 is 33.5 Å². The number of hydrogen-bond acceptors (Lipinski definition) is 7. The number of benzene rings is 3. The van der Waals surface area contributed by atoms with Crippen molar-refractivity contribution in [1.82, 2.24) is 0 Å². The molecule has 7 heteroatoms. The lowest BCUT2D eigenvalue weighted by atomic mass is 9.99. The Hall–Kier alpha value is -2.42. The van der Waals surface area contributed by atoms with E-state index in [-0.39, 0.29) is 6.61 Å². The molecule has 1 N–H and O–H groups in total. The molecule has 3 aromatic carbocycles. The third-order valence-electron chi connectivity index (χ3n) is 5.02. The molecular formula is C25H32O7. The highest BCUT2D eigenvalue weighted by Crippen LogP contribution is 2.42. The predicted octanol–water partition coefficient (Wildman–Crippen LogP) is 3.57. The first kappa shape index (κ1) is 24.2. The van der Waals surface area contributed by atoms with Gasteiger partial charge in [0.1, 0.15) is 11.5 Å². The maximum atomic E-state index is 8.60. The lowest BCUT2D eigenvalue weighted by Gasteiger charge is -2.16. The quantitative estimate of drug-likeness (QED) is 0.284. The highest BCUT2D eigenvalue weighted by molar-refractivity contribution is 6.11. The van der Waals surface area contributed by atoms with E-state index in [1.165, 1.54) is 0 Å². The van der Waals surface area contributed by atoms with Crippen LogP contribution in [0.1, 0.15) is 5.56 Å². The molecule has 0 atom stereocenters. The largest absolute Gasteiger partial charge is 0.495 e. The van der Waals surface area contributed by atoms with Gasteiger partial charge in [0.2, 0.25) is 0 Å². The third-order valence-corrected chi connectivity index (χ3v) is 5.02. The van der Waals surface area contributed by atoms with Crippen LogP contribution < -0.4 is 9.47 Å². The Labute approximate surface area is 188 Å². The number of hydrogen-bond donors (Lipinski definition) is 1. The van der Waals surface area contributed by atoms with Gasteiger partial charge in [-0.1, -0.05) is 36.4 Å². The zero-order valence-corrected chi connectivity index (χ0v) is 18.8. The first-order chi connectivity index (χ1) is 15.8. The maximum Gasteiger partial charge on any atom is 0.134 e. The van der Waals surface area contributed by atoms with Crippen molar-refractivity contribution in [2.45, 2.75) is 6.61 Å². The van der Waals surface area contributed by atoms with Gasteiger partial charge in [0, 0.05) is 21.5 Å². The number of ether oxygens (including phenoxy) is 6. The van der Waals surface area contributed by atoms with Crippen LogP contribution in [0.25, 0.3) is 21.5 Å². The van der Waals surface area contributed by atoms with E-state index in [1.54, 1.807) is 14.2 Å². The number of fused-ring (bicyclic) bond motifs is 2. The fourth-order valence-electron chi connectivity index (χ4n) is 3.59. The molecule has 3 aromatic rings. The highest BCUT2D eigenvalue weighted by atomic mass is 16.6. The number of aliphatic hydroxyl groups excluding tert-OH is 1. The van der Waals surface area contributed by atoms with Gasteiger partial charge >= 0.3 is 0 Å². The third kappa shape index (κ3) is 6.31. The summed E-state index contributed by atoms with van der Waals surface area (Å²) in [4.78, 5) is 0. The molecule has 0 heterocycles.